The first-order valence-corrected chi connectivity index (χ1v) is 2.10. The normalized spacial score (nSPS) is 6.00. The summed E-state index contributed by atoms with van der Waals surface area (Å²) in [4.78, 5) is 0. The monoisotopic (exact) mass is 153 g/mol. The molecule has 0 fully saturated rings. The molecule has 0 aliphatic carbocycles. The van der Waals surface area contributed by atoms with Crippen LogP contribution in [0.4, 0.5) is 0 Å². The maximum absolute atomic E-state index is 8.07. The molecule has 0 aromatic heterocycles. The predicted octanol–water partition coefficient (Wildman–Crippen LogP) is -2.91. The van der Waals surface area contributed by atoms with Crippen LogP contribution in [0.25, 0.3) is 6.15 Å². The van der Waals surface area contributed by atoms with E-state index in [1.165, 1.54) is 0 Å². The molecule has 0 spiro atoms. The number of ether oxygens (including phenoxy) is 1. The number of nitrogens with two attached hydrogens (primary N) is 1. The molecule has 3 nitrogen and oxygen atoms in total. The average Bonchev–Trinajstić information content (AvgIpc) is 1.61. The van der Waals surface area contributed by atoms with Gasteiger partial charge in [-0.3, -0.25) is 0 Å². The molecule has 0 atom stereocenters. The molecule has 0 unspecified atom stereocenters. The number of aliphatic hydroxyl groups excluding tert-OH is 1. The summed E-state index contributed by atoms with van der Waals surface area (Å²) < 4.78 is 4.73. The third kappa shape index (κ3) is 25.8. The van der Waals surface area contributed by atoms with Crippen LogP contribution < -0.4 is 29.6 Å². The van der Waals surface area contributed by atoms with Gasteiger partial charge >= 0.3 is 59.1 Å². The van der Waals surface area contributed by atoms with Crippen LogP contribution in [0.15, 0.2) is 0 Å². The Balaban J connectivity index is -0.0000000417. The summed E-state index contributed by atoms with van der Waals surface area (Å²) >= 11 is 0. The van der Waals surface area contributed by atoms with Crippen LogP contribution in [-0.2, 0) is 4.74 Å². The molecule has 0 saturated carbocycles. The predicted molar refractivity (Wildman–Crippen MR) is 36.0 cm³/mol. The second-order valence-corrected chi connectivity index (χ2v) is 0.921. The summed E-state index contributed by atoms with van der Waals surface area (Å²) in [6.07, 6.45) is 0. The quantitative estimate of drug-likeness (QED) is 0.349. The maximum atomic E-state index is 8.07. The van der Waals surface area contributed by atoms with E-state index in [4.69, 9.17) is 9.84 Å². The summed E-state index contributed by atoms with van der Waals surface area (Å²) in [5.41, 5.74) is 0. The van der Waals surface area contributed by atoms with Crippen LogP contribution in [0.2, 0.25) is 0 Å². The van der Waals surface area contributed by atoms with Crippen LogP contribution in [0.3, 0.4) is 0 Å². The van der Waals surface area contributed by atoms with Gasteiger partial charge in [0.15, 0.2) is 0 Å². The van der Waals surface area contributed by atoms with E-state index in [0.29, 0.717) is 13.2 Å². The third-order valence-electron chi connectivity index (χ3n) is 0.440. The van der Waals surface area contributed by atoms with Crippen LogP contribution in [0, 0.1) is 0 Å². The van der Waals surface area contributed by atoms with Crippen molar-refractivity contribution in [2.75, 3.05) is 19.8 Å². The van der Waals surface area contributed by atoms with Crippen molar-refractivity contribution < 1.29 is 39.4 Å². The SMILES string of the molecule is CCOCCO.[NH2-].[Na+].[NaH]. The van der Waals surface area contributed by atoms with Crippen molar-refractivity contribution in [3.05, 3.63) is 6.15 Å². The fourth-order valence-electron chi connectivity index (χ4n) is 0.209. The van der Waals surface area contributed by atoms with Gasteiger partial charge in [0, 0.05) is 6.61 Å². The molecular formula is C4H13NNa2O2. The Morgan fingerprint density at radius 1 is 1.44 bits per heavy atom. The average molecular weight is 153 g/mol. The first-order valence-electron chi connectivity index (χ1n) is 2.10. The second-order valence-electron chi connectivity index (χ2n) is 0.921. The van der Waals surface area contributed by atoms with Gasteiger partial charge in [-0.1, -0.05) is 0 Å². The minimum absolute atomic E-state index is 0. The van der Waals surface area contributed by atoms with E-state index in [9.17, 15) is 0 Å². The zero-order valence-corrected chi connectivity index (χ0v) is 7.55. The van der Waals surface area contributed by atoms with Gasteiger partial charge in [-0.15, -0.1) is 0 Å². The van der Waals surface area contributed by atoms with Crippen molar-refractivity contribution in [3.8, 4) is 0 Å². The van der Waals surface area contributed by atoms with Gasteiger partial charge in [0.25, 0.3) is 0 Å². The Morgan fingerprint density at radius 2 is 1.89 bits per heavy atom. The Labute approximate surface area is 101 Å². The molecule has 9 heavy (non-hydrogen) atoms. The molecule has 0 saturated heterocycles. The van der Waals surface area contributed by atoms with E-state index < -0.39 is 0 Å². The Hall–Kier alpha value is 1.88. The van der Waals surface area contributed by atoms with Crippen LogP contribution in [-0.4, -0.2) is 54.5 Å². The van der Waals surface area contributed by atoms with Gasteiger partial charge in [-0.25, -0.2) is 0 Å². The first kappa shape index (κ1) is 22.4. The summed E-state index contributed by atoms with van der Waals surface area (Å²) in [6, 6.07) is 0. The molecule has 5 heteroatoms. The van der Waals surface area contributed by atoms with E-state index in [1.807, 2.05) is 6.92 Å². The van der Waals surface area contributed by atoms with Gasteiger partial charge in [-0.05, 0) is 6.92 Å². The van der Waals surface area contributed by atoms with E-state index in [-0.39, 0.29) is 71.9 Å². The Bertz CT molecular complexity index is 28.5. The van der Waals surface area contributed by atoms with Crippen molar-refractivity contribution in [2.24, 2.45) is 0 Å². The Morgan fingerprint density at radius 3 is 2.00 bits per heavy atom. The van der Waals surface area contributed by atoms with Crippen molar-refractivity contribution in [1.82, 2.24) is 0 Å². The number of hydrogen-bond acceptors (Lipinski definition) is 2. The molecule has 0 aromatic rings. The molecule has 0 amide bonds. The fraction of sp³-hybridized carbons (Fsp3) is 1.00. The summed E-state index contributed by atoms with van der Waals surface area (Å²) in [5, 5.41) is 8.07. The number of rotatable bonds is 3. The van der Waals surface area contributed by atoms with E-state index >= 15 is 0 Å². The van der Waals surface area contributed by atoms with Crippen molar-refractivity contribution >= 4 is 29.6 Å². The van der Waals surface area contributed by atoms with Crippen molar-refractivity contribution in [1.29, 1.82) is 0 Å². The molecular weight excluding hydrogens is 140 g/mol. The molecule has 0 rings (SSSR count). The Kier molecular flexibility index (Phi) is 56.2. The standard InChI is InChI=1S/C4H10O2.H2N.2Na.H/c1-2-6-4-3-5;;;;/h5H,2-4H2,1H3;1H2;;;/q;-1;;+1;. The van der Waals surface area contributed by atoms with E-state index in [2.05, 4.69) is 0 Å². The molecule has 3 N–H and O–H groups in total. The van der Waals surface area contributed by atoms with Crippen LogP contribution >= 0.6 is 0 Å². The van der Waals surface area contributed by atoms with Crippen molar-refractivity contribution in [3.63, 3.8) is 0 Å². The molecule has 0 aliphatic rings. The summed E-state index contributed by atoms with van der Waals surface area (Å²) in [6.45, 7) is 3.20. The van der Waals surface area contributed by atoms with Gasteiger partial charge < -0.3 is 16.0 Å². The molecule has 0 aromatic carbocycles. The second kappa shape index (κ2) is 22.5. The number of aliphatic hydroxyl groups is 1. The van der Waals surface area contributed by atoms with E-state index in [1.54, 1.807) is 0 Å². The first-order chi connectivity index (χ1) is 2.91. The van der Waals surface area contributed by atoms with Crippen LogP contribution in [0.5, 0.6) is 0 Å². The summed E-state index contributed by atoms with van der Waals surface area (Å²) in [5.74, 6) is 0. The van der Waals surface area contributed by atoms with Gasteiger partial charge in [0.05, 0.1) is 13.2 Å². The molecule has 48 valence electrons. The number of hydrogen-bond donors (Lipinski definition) is 1. The molecule has 0 bridgehead atoms. The summed E-state index contributed by atoms with van der Waals surface area (Å²) in [7, 11) is 0. The fourth-order valence-corrected chi connectivity index (χ4v) is 0.209. The van der Waals surface area contributed by atoms with Crippen molar-refractivity contribution in [2.45, 2.75) is 6.92 Å². The zero-order chi connectivity index (χ0) is 4.83. The zero-order valence-electron chi connectivity index (χ0n) is 5.55. The molecule has 0 radical (unpaired) electrons. The van der Waals surface area contributed by atoms with Gasteiger partial charge in [0.1, 0.15) is 0 Å². The molecule has 0 aliphatic heterocycles. The van der Waals surface area contributed by atoms with E-state index in [0.717, 1.165) is 0 Å². The topological polar surface area (TPSA) is 63.0 Å². The third-order valence-corrected chi connectivity index (χ3v) is 0.440. The molecule has 0 heterocycles. The minimum atomic E-state index is 0. The van der Waals surface area contributed by atoms with Crippen LogP contribution in [0.1, 0.15) is 6.92 Å². The van der Waals surface area contributed by atoms with Gasteiger partial charge in [0.2, 0.25) is 0 Å². The van der Waals surface area contributed by atoms with Gasteiger partial charge in [-0.2, -0.15) is 0 Å².